The number of hydrogen-bond acceptors (Lipinski definition) is 2. The zero-order chi connectivity index (χ0) is 9.80. The lowest BCUT2D eigenvalue weighted by atomic mass is 10.1. The van der Waals surface area contributed by atoms with E-state index >= 15 is 0 Å². The summed E-state index contributed by atoms with van der Waals surface area (Å²) in [7, 11) is 0. The molecule has 1 nitrogen and oxygen atoms in total. The Balaban J connectivity index is 2.19. The first-order valence-corrected chi connectivity index (χ1v) is 6.10. The van der Waals surface area contributed by atoms with Gasteiger partial charge in [-0.3, -0.25) is 0 Å². The van der Waals surface area contributed by atoms with Crippen LogP contribution in [0.15, 0.2) is 35.2 Å². The SMILES string of the molecule is CSc1ccc(C2=CCCCO2)cc1. The van der Waals surface area contributed by atoms with Gasteiger partial charge in [0.05, 0.1) is 6.61 Å². The van der Waals surface area contributed by atoms with Crippen LogP contribution in [0.3, 0.4) is 0 Å². The molecule has 1 aliphatic heterocycles. The van der Waals surface area contributed by atoms with Crippen LogP contribution in [0.1, 0.15) is 18.4 Å². The van der Waals surface area contributed by atoms with Crippen molar-refractivity contribution in [3.05, 3.63) is 35.9 Å². The lowest BCUT2D eigenvalue weighted by Gasteiger charge is -2.15. The van der Waals surface area contributed by atoms with Crippen molar-refractivity contribution < 1.29 is 4.74 Å². The van der Waals surface area contributed by atoms with Gasteiger partial charge in [0, 0.05) is 10.5 Å². The summed E-state index contributed by atoms with van der Waals surface area (Å²) in [6, 6.07) is 8.53. The summed E-state index contributed by atoms with van der Waals surface area (Å²) in [5.74, 6) is 1.05. The molecule has 0 amide bonds. The average molecular weight is 206 g/mol. The quantitative estimate of drug-likeness (QED) is 0.684. The summed E-state index contributed by atoms with van der Waals surface area (Å²) < 4.78 is 5.59. The van der Waals surface area contributed by atoms with Crippen molar-refractivity contribution in [1.29, 1.82) is 0 Å². The van der Waals surface area contributed by atoms with Crippen LogP contribution in [-0.2, 0) is 4.74 Å². The molecule has 0 spiro atoms. The highest BCUT2D eigenvalue weighted by molar-refractivity contribution is 7.98. The average Bonchev–Trinajstić information content (AvgIpc) is 2.30. The number of hydrogen-bond donors (Lipinski definition) is 0. The summed E-state index contributed by atoms with van der Waals surface area (Å²) >= 11 is 1.76. The van der Waals surface area contributed by atoms with Gasteiger partial charge in [-0.25, -0.2) is 0 Å². The lowest BCUT2D eigenvalue weighted by molar-refractivity contribution is 0.259. The van der Waals surface area contributed by atoms with E-state index in [0.717, 1.165) is 25.2 Å². The van der Waals surface area contributed by atoms with Crippen LogP contribution in [0.5, 0.6) is 0 Å². The Labute approximate surface area is 89.2 Å². The maximum absolute atomic E-state index is 5.59. The first-order chi connectivity index (χ1) is 6.90. The van der Waals surface area contributed by atoms with E-state index in [1.807, 2.05) is 0 Å². The molecule has 0 unspecified atom stereocenters. The zero-order valence-corrected chi connectivity index (χ0v) is 9.14. The van der Waals surface area contributed by atoms with E-state index in [1.54, 1.807) is 11.8 Å². The maximum Gasteiger partial charge on any atom is 0.122 e. The molecule has 0 saturated carbocycles. The minimum atomic E-state index is 0.857. The molecule has 1 aromatic rings. The summed E-state index contributed by atoms with van der Waals surface area (Å²) in [5.41, 5.74) is 1.20. The first kappa shape index (κ1) is 9.66. The molecule has 0 fully saturated rings. The van der Waals surface area contributed by atoms with Gasteiger partial charge < -0.3 is 4.74 Å². The second-order valence-electron chi connectivity index (χ2n) is 3.29. The highest BCUT2D eigenvalue weighted by atomic mass is 32.2. The number of allylic oxidation sites excluding steroid dienone is 1. The molecule has 0 N–H and O–H groups in total. The summed E-state index contributed by atoms with van der Waals surface area (Å²) in [6.07, 6.45) is 6.55. The highest BCUT2D eigenvalue weighted by Gasteiger charge is 2.06. The van der Waals surface area contributed by atoms with Crippen LogP contribution in [0.2, 0.25) is 0 Å². The minimum absolute atomic E-state index is 0.857. The largest absolute Gasteiger partial charge is 0.493 e. The third kappa shape index (κ3) is 2.13. The van der Waals surface area contributed by atoms with E-state index in [4.69, 9.17) is 4.74 Å². The van der Waals surface area contributed by atoms with Crippen LogP contribution in [0.25, 0.3) is 5.76 Å². The molecule has 2 heteroatoms. The highest BCUT2D eigenvalue weighted by Crippen LogP contribution is 2.23. The van der Waals surface area contributed by atoms with Crippen molar-refractivity contribution in [2.24, 2.45) is 0 Å². The maximum atomic E-state index is 5.59. The molecule has 1 heterocycles. The molecular formula is C12H14OS. The van der Waals surface area contributed by atoms with Crippen molar-refractivity contribution in [3.63, 3.8) is 0 Å². The molecule has 14 heavy (non-hydrogen) atoms. The van der Waals surface area contributed by atoms with Gasteiger partial charge in [0.2, 0.25) is 0 Å². The second-order valence-corrected chi connectivity index (χ2v) is 4.17. The normalized spacial score (nSPS) is 15.9. The van der Waals surface area contributed by atoms with E-state index in [0.29, 0.717) is 0 Å². The van der Waals surface area contributed by atoms with Crippen molar-refractivity contribution in [1.82, 2.24) is 0 Å². The van der Waals surface area contributed by atoms with Crippen molar-refractivity contribution in [3.8, 4) is 0 Å². The number of ether oxygens (including phenoxy) is 1. The lowest BCUT2D eigenvalue weighted by Crippen LogP contribution is -1.99. The topological polar surface area (TPSA) is 9.23 Å². The van der Waals surface area contributed by atoms with Gasteiger partial charge in [-0.2, -0.15) is 0 Å². The summed E-state index contributed by atoms with van der Waals surface area (Å²) in [4.78, 5) is 1.30. The van der Waals surface area contributed by atoms with E-state index in [1.165, 1.54) is 10.5 Å². The minimum Gasteiger partial charge on any atom is -0.493 e. The van der Waals surface area contributed by atoms with E-state index in [2.05, 4.69) is 36.6 Å². The zero-order valence-electron chi connectivity index (χ0n) is 8.32. The molecule has 1 aromatic carbocycles. The predicted molar refractivity (Wildman–Crippen MR) is 61.4 cm³/mol. The first-order valence-electron chi connectivity index (χ1n) is 4.87. The number of rotatable bonds is 2. The van der Waals surface area contributed by atoms with Crippen LogP contribution in [0, 0.1) is 0 Å². The van der Waals surface area contributed by atoms with Gasteiger partial charge in [-0.1, -0.05) is 12.1 Å². The van der Waals surface area contributed by atoms with E-state index < -0.39 is 0 Å². The Bertz CT molecular complexity index is 327. The summed E-state index contributed by atoms with van der Waals surface area (Å²) in [6.45, 7) is 0.857. The van der Waals surface area contributed by atoms with E-state index in [-0.39, 0.29) is 0 Å². The molecule has 74 valence electrons. The molecule has 0 aromatic heterocycles. The van der Waals surface area contributed by atoms with Crippen LogP contribution >= 0.6 is 11.8 Å². The van der Waals surface area contributed by atoms with Gasteiger partial charge in [0.15, 0.2) is 0 Å². The smallest absolute Gasteiger partial charge is 0.122 e. The Morgan fingerprint density at radius 3 is 2.57 bits per heavy atom. The van der Waals surface area contributed by atoms with E-state index in [9.17, 15) is 0 Å². The fraction of sp³-hybridized carbons (Fsp3) is 0.333. The molecule has 0 bridgehead atoms. The molecule has 0 saturated heterocycles. The monoisotopic (exact) mass is 206 g/mol. The fourth-order valence-electron chi connectivity index (χ4n) is 1.51. The fourth-order valence-corrected chi connectivity index (χ4v) is 1.92. The van der Waals surface area contributed by atoms with Crippen LogP contribution in [0.4, 0.5) is 0 Å². The molecule has 0 atom stereocenters. The standard InChI is InChI=1S/C12H14OS/c1-14-11-7-5-10(6-8-11)12-4-2-3-9-13-12/h4-8H,2-3,9H2,1H3. The predicted octanol–water partition coefficient (Wildman–Crippen LogP) is 3.56. The van der Waals surface area contributed by atoms with Gasteiger partial charge in [-0.05, 0) is 37.3 Å². The Morgan fingerprint density at radius 1 is 1.21 bits per heavy atom. The van der Waals surface area contributed by atoms with Crippen molar-refractivity contribution in [2.45, 2.75) is 17.7 Å². The molecule has 1 aliphatic rings. The Morgan fingerprint density at radius 2 is 2.00 bits per heavy atom. The number of thioether (sulfide) groups is 1. The van der Waals surface area contributed by atoms with Crippen LogP contribution < -0.4 is 0 Å². The van der Waals surface area contributed by atoms with Crippen molar-refractivity contribution in [2.75, 3.05) is 12.9 Å². The number of benzene rings is 1. The van der Waals surface area contributed by atoms with Gasteiger partial charge in [-0.15, -0.1) is 11.8 Å². The van der Waals surface area contributed by atoms with Gasteiger partial charge >= 0.3 is 0 Å². The van der Waals surface area contributed by atoms with Crippen molar-refractivity contribution >= 4 is 17.5 Å². The molecule has 0 aliphatic carbocycles. The third-order valence-electron chi connectivity index (χ3n) is 2.31. The second kappa shape index (κ2) is 4.56. The Hall–Kier alpha value is -0.890. The van der Waals surface area contributed by atoms with Crippen LogP contribution in [-0.4, -0.2) is 12.9 Å². The van der Waals surface area contributed by atoms with Gasteiger partial charge in [0.25, 0.3) is 0 Å². The molecular weight excluding hydrogens is 192 g/mol. The molecule has 2 rings (SSSR count). The summed E-state index contributed by atoms with van der Waals surface area (Å²) in [5, 5.41) is 0. The third-order valence-corrected chi connectivity index (χ3v) is 3.05. The molecule has 0 radical (unpaired) electrons. The van der Waals surface area contributed by atoms with Gasteiger partial charge in [0.1, 0.15) is 5.76 Å². The Kier molecular flexibility index (Phi) is 3.14.